The maximum atomic E-state index is 12.7. The molecule has 0 radical (unpaired) electrons. The molecule has 0 aliphatic carbocycles. The topological polar surface area (TPSA) is 65.8 Å². The fourth-order valence-electron chi connectivity index (χ4n) is 0.776. The summed E-state index contributed by atoms with van der Waals surface area (Å²) in [5.74, 6) is -1.37. The lowest BCUT2D eigenvalue weighted by atomic mass is 10.2. The molecule has 0 unspecified atom stereocenters. The molecule has 0 N–H and O–H groups in total. The number of azide groups is 1. The minimum atomic E-state index is -0.803. The Balaban J connectivity index is 3.15. The molecule has 6 heteroatoms. The Morgan fingerprint density at radius 3 is 2.77 bits per heavy atom. The minimum absolute atomic E-state index is 0.0182. The Morgan fingerprint density at radius 1 is 1.54 bits per heavy atom. The van der Waals surface area contributed by atoms with Gasteiger partial charge in [0.15, 0.2) is 0 Å². The van der Waals surface area contributed by atoms with E-state index >= 15 is 0 Å². The Kier molecular flexibility index (Phi) is 3.00. The zero-order chi connectivity index (χ0) is 9.84. The average molecular weight is 244 g/mol. The molecule has 66 valence electrons. The van der Waals surface area contributed by atoms with Gasteiger partial charge in [-0.1, -0.05) is 15.9 Å². The van der Waals surface area contributed by atoms with Crippen molar-refractivity contribution in [2.24, 2.45) is 5.11 Å². The highest BCUT2D eigenvalue weighted by molar-refractivity contribution is 9.10. The molecule has 0 fully saturated rings. The lowest BCUT2D eigenvalue weighted by Gasteiger charge is -1.96. The largest absolute Gasteiger partial charge is 0.287 e. The summed E-state index contributed by atoms with van der Waals surface area (Å²) in [7, 11) is 0. The quantitative estimate of drug-likeness (QED) is 0.425. The molecular weight excluding hydrogens is 241 g/mol. The highest BCUT2D eigenvalue weighted by atomic mass is 79.9. The summed E-state index contributed by atoms with van der Waals surface area (Å²) in [5, 5.41) is 2.83. The van der Waals surface area contributed by atoms with Crippen LogP contribution in [-0.2, 0) is 0 Å². The van der Waals surface area contributed by atoms with Crippen molar-refractivity contribution in [3.05, 3.63) is 44.5 Å². The van der Waals surface area contributed by atoms with E-state index in [0.29, 0.717) is 4.47 Å². The van der Waals surface area contributed by atoms with Crippen LogP contribution in [0.3, 0.4) is 0 Å². The van der Waals surface area contributed by atoms with Gasteiger partial charge in [-0.25, -0.2) is 4.39 Å². The van der Waals surface area contributed by atoms with E-state index in [9.17, 15) is 9.18 Å². The van der Waals surface area contributed by atoms with Gasteiger partial charge in [-0.15, -0.1) is 0 Å². The SMILES string of the molecule is [N-]=[N+]=NC(=O)c1cc(F)cc(Br)c1. The third-order valence-corrected chi connectivity index (χ3v) is 1.70. The second kappa shape index (κ2) is 4.02. The third kappa shape index (κ3) is 2.54. The molecule has 1 aromatic rings. The third-order valence-electron chi connectivity index (χ3n) is 1.25. The van der Waals surface area contributed by atoms with E-state index in [4.69, 9.17) is 5.53 Å². The molecule has 1 amide bonds. The van der Waals surface area contributed by atoms with Crippen molar-refractivity contribution >= 4 is 21.8 Å². The maximum Gasteiger partial charge on any atom is 0.249 e. The van der Waals surface area contributed by atoms with Crippen LogP contribution in [0.1, 0.15) is 10.4 Å². The smallest absolute Gasteiger partial charge is 0.249 e. The van der Waals surface area contributed by atoms with Crippen molar-refractivity contribution in [3.63, 3.8) is 0 Å². The van der Waals surface area contributed by atoms with Gasteiger partial charge in [0.1, 0.15) is 5.82 Å². The highest BCUT2D eigenvalue weighted by Gasteiger charge is 2.05. The van der Waals surface area contributed by atoms with Gasteiger partial charge in [0, 0.05) is 14.9 Å². The molecule has 13 heavy (non-hydrogen) atoms. The van der Waals surface area contributed by atoms with E-state index < -0.39 is 11.7 Å². The molecule has 1 rings (SSSR count). The van der Waals surface area contributed by atoms with E-state index in [2.05, 4.69) is 26.0 Å². The molecule has 0 heterocycles. The summed E-state index contributed by atoms with van der Waals surface area (Å²) in [4.78, 5) is 13.3. The number of benzene rings is 1. The van der Waals surface area contributed by atoms with Gasteiger partial charge in [-0.2, -0.15) is 0 Å². The van der Waals surface area contributed by atoms with Gasteiger partial charge in [0.25, 0.3) is 0 Å². The van der Waals surface area contributed by atoms with Crippen LogP contribution in [0.4, 0.5) is 4.39 Å². The second-order valence-corrected chi connectivity index (χ2v) is 3.07. The normalized spacial score (nSPS) is 9.08. The number of carbonyl (C=O) groups is 1. The average Bonchev–Trinajstić information content (AvgIpc) is 2.03. The summed E-state index contributed by atoms with van der Waals surface area (Å²) in [6.07, 6.45) is 0. The van der Waals surface area contributed by atoms with Gasteiger partial charge in [-0.3, -0.25) is 4.79 Å². The van der Waals surface area contributed by atoms with Crippen molar-refractivity contribution in [3.8, 4) is 0 Å². The Labute approximate surface area is 81.1 Å². The Morgan fingerprint density at radius 2 is 2.23 bits per heavy atom. The zero-order valence-corrected chi connectivity index (χ0v) is 7.82. The molecule has 0 aliphatic rings. The molecule has 1 aromatic carbocycles. The first-order valence-electron chi connectivity index (χ1n) is 3.19. The first kappa shape index (κ1) is 9.70. The molecule has 0 atom stereocenters. The summed E-state index contributed by atoms with van der Waals surface area (Å²) in [6, 6.07) is 3.58. The van der Waals surface area contributed by atoms with Gasteiger partial charge in [0.2, 0.25) is 5.91 Å². The van der Waals surface area contributed by atoms with Crippen LogP contribution in [0.25, 0.3) is 10.4 Å². The molecule has 4 nitrogen and oxygen atoms in total. The Hall–Kier alpha value is -1.39. The highest BCUT2D eigenvalue weighted by Crippen LogP contribution is 2.15. The molecule has 0 saturated heterocycles. The van der Waals surface area contributed by atoms with Crippen molar-refractivity contribution < 1.29 is 9.18 Å². The lowest BCUT2D eigenvalue weighted by molar-refractivity contribution is 0.1000. The van der Waals surface area contributed by atoms with Crippen LogP contribution in [0.5, 0.6) is 0 Å². The zero-order valence-electron chi connectivity index (χ0n) is 6.24. The fourth-order valence-corrected chi connectivity index (χ4v) is 1.24. The van der Waals surface area contributed by atoms with Crippen LogP contribution < -0.4 is 0 Å². The van der Waals surface area contributed by atoms with Gasteiger partial charge in [-0.05, 0) is 28.8 Å². The summed E-state index contributed by atoms with van der Waals surface area (Å²) in [6.45, 7) is 0. The van der Waals surface area contributed by atoms with Crippen molar-refractivity contribution in [1.29, 1.82) is 0 Å². The predicted octanol–water partition coefficient (Wildman–Crippen LogP) is 3.04. The molecule has 0 aromatic heterocycles. The monoisotopic (exact) mass is 243 g/mol. The van der Waals surface area contributed by atoms with E-state index in [-0.39, 0.29) is 5.56 Å². The van der Waals surface area contributed by atoms with Crippen LogP contribution in [-0.4, -0.2) is 5.91 Å². The van der Waals surface area contributed by atoms with E-state index in [1.54, 1.807) is 0 Å². The van der Waals surface area contributed by atoms with Gasteiger partial charge < -0.3 is 0 Å². The van der Waals surface area contributed by atoms with E-state index in [1.165, 1.54) is 12.1 Å². The van der Waals surface area contributed by atoms with Gasteiger partial charge >= 0.3 is 0 Å². The molecule has 0 aliphatic heterocycles. The fraction of sp³-hybridized carbons (Fsp3) is 0. The maximum absolute atomic E-state index is 12.7. The predicted molar refractivity (Wildman–Crippen MR) is 47.6 cm³/mol. The number of hydrogen-bond acceptors (Lipinski definition) is 1. The first-order valence-corrected chi connectivity index (χ1v) is 3.98. The molecular formula is C7H3BrFN3O. The minimum Gasteiger partial charge on any atom is -0.287 e. The van der Waals surface area contributed by atoms with Crippen molar-refractivity contribution in [2.75, 3.05) is 0 Å². The Bertz CT molecular complexity index is 380. The molecule has 0 bridgehead atoms. The number of carbonyl (C=O) groups excluding carboxylic acids is 1. The number of amides is 1. The van der Waals surface area contributed by atoms with E-state index in [1.807, 2.05) is 0 Å². The first-order chi connectivity index (χ1) is 6.13. The second-order valence-electron chi connectivity index (χ2n) is 2.15. The standard InChI is InChI=1S/C7H3BrFN3O/c8-5-1-4(2-6(9)3-5)7(13)11-12-10/h1-3H. The van der Waals surface area contributed by atoms with Crippen molar-refractivity contribution in [1.82, 2.24) is 0 Å². The van der Waals surface area contributed by atoms with E-state index in [0.717, 1.165) is 6.07 Å². The summed E-state index contributed by atoms with van der Waals surface area (Å²) < 4.78 is 13.1. The summed E-state index contributed by atoms with van der Waals surface area (Å²) in [5.41, 5.74) is 7.99. The lowest BCUT2D eigenvalue weighted by Crippen LogP contribution is -1.94. The summed E-state index contributed by atoms with van der Waals surface area (Å²) >= 11 is 3.01. The van der Waals surface area contributed by atoms with Crippen LogP contribution in [0, 0.1) is 5.82 Å². The molecule has 0 saturated carbocycles. The van der Waals surface area contributed by atoms with Gasteiger partial charge in [0.05, 0.1) is 0 Å². The van der Waals surface area contributed by atoms with Crippen molar-refractivity contribution in [2.45, 2.75) is 0 Å². The van der Waals surface area contributed by atoms with Crippen LogP contribution in [0.15, 0.2) is 27.8 Å². The number of hydrogen-bond donors (Lipinski definition) is 0. The molecule has 0 spiro atoms. The number of rotatable bonds is 1. The number of halogens is 2. The van der Waals surface area contributed by atoms with Crippen LogP contribution >= 0.6 is 15.9 Å². The number of nitrogens with zero attached hydrogens (tertiary/aromatic N) is 3. The van der Waals surface area contributed by atoms with Crippen LogP contribution in [0.2, 0.25) is 0 Å².